The number of aliphatic imine (C=N–C) groups is 1. The molecule has 0 saturated heterocycles. The lowest BCUT2D eigenvalue weighted by Gasteiger charge is -2.09. The lowest BCUT2D eigenvalue weighted by molar-refractivity contribution is -0.137. The summed E-state index contributed by atoms with van der Waals surface area (Å²) < 4.78 is 37.5. The third-order valence-corrected chi connectivity index (χ3v) is 3.65. The summed E-state index contributed by atoms with van der Waals surface area (Å²) in [6.07, 6.45) is -4.43. The van der Waals surface area contributed by atoms with Gasteiger partial charge in [-0.15, -0.1) is 0 Å². The first-order chi connectivity index (χ1) is 12.6. The minimum Gasteiger partial charge on any atom is -0.370 e. The molecule has 2 aromatic carbocycles. The van der Waals surface area contributed by atoms with E-state index in [1.165, 1.54) is 0 Å². The van der Waals surface area contributed by atoms with E-state index >= 15 is 0 Å². The molecule has 2 aromatic rings. The minimum absolute atomic E-state index is 0.147. The maximum atomic E-state index is 12.5. The van der Waals surface area contributed by atoms with Gasteiger partial charge in [-0.3, -0.25) is 9.79 Å². The Kier molecular flexibility index (Phi) is 6.44. The molecule has 27 heavy (non-hydrogen) atoms. The molecule has 0 fully saturated rings. The number of nitrogens with one attached hydrogen (secondary N) is 2. The number of carbonyl (C=O) groups excluding carboxylic acids is 1. The predicted octanol–water partition coefficient (Wildman–Crippen LogP) is 3.48. The van der Waals surface area contributed by atoms with E-state index in [-0.39, 0.29) is 24.6 Å². The van der Waals surface area contributed by atoms with Gasteiger partial charge in [-0.25, -0.2) is 0 Å². The van der Waals surface area contributed by atoms with Gasteiger partial charge >= 0.3 is 6.18 Å². The van der Waals surface area contributed by atoms with Crippen molar-refractivity contribution in [3.8, 4) is 0 Å². The first-order valence-corrected chi connectivity index (χ1v) is 8.26. The summed E-state index contributed by atoms with van der Waals surface area (Å²) >= 11 is 0. The fourth-order valence-corrected chi connectivity index (χ4v) is 2.49. The SMILES string of the molecule is Cc1cc(C)cc(NC(N)=NCCNC(=O)c2ccc(C(F)(F)F)cc2)c1. The molecule has 0 unspecified atom stereocenters. The number of anilines is 1. The molecule has 0 saturated carbocycles. The number of carbonyl (C=O) groups is 1. The van der Waals surface area contributed by atoms with Crippen molar-refractivity contribution in [2.45, 2.75) is 20.0 Å². The van der Waals surface area contributed by atoms with Crippen LogP contribution in [0.3, 0.4) is 0 Å². The zero-order valence-corrected chi connectivity index (χ0v) is 15.0. The second-order valence-electron chi connectivity index (χ2n) is 6.10. The monoisotopic (exact) mass is 378 g/mol. The number of aryl methyl sites for hydroxylation is 2. The first-order valence-electron chi connectivity index (χ1n) is 8.26. The summed E-state index contributed by atoms with van der Waals surface area (Å²) in [5.74, 6) is -0.261. The molecule has 0 atom stereocenters. The van der Waals surface area contributed by atoms with Gasteiger partial charge in [0.15, 0.2) is 5.96 Å². The molecule has 0 radical (unpaired) electrons. The lowest BCUT2D eigenvalue weighted by atomic mass is 10.1. The average Bonchev–Trinajstić information content (AvgIpc) is 2.57. The van der Waals surface area contributed by atoms with Gasteiger partial charge in [0.25, 0.3) is 5.91 Å². The molecule has 5 nitrogen and oxygen atoms in total. The fraction of sp³-hybridized carbons (Fsp3) is 0.263. The van der Waals surface area contributed by atoms with Crippen molar-refractivity contribution in [2.24, 2.45) is 10.7 Å². The van der Waals surface area contributed by atoms with Crippen LogP contribution in [-0.4, -0.2) is 25.0 Å². The van der Waals surface area contributed by atoms with Gasteiger partial charge < -0.3 is 16.4 Å². The Hall–Kier alpha value is -3.03. The molecule has 0 aliphatic rings. The Morgan fingerprint density at radius 1 is 1.07 bits per heavy atom. The van der Waals surface area contributed by atoms with Gasteiger partial charge in [0, 0.05) is 17.8 Å². The van der Waals surface area contributed by atoms with Crippen LogP contribution in [0.25, 0.3) is 0 Å². The van der Waals surface area contributed by atoms with Crippen molar-refractivity contribution < 1.29 is 18.0 Å². The first kappa shape index (κ1) is 20.3. The van der Waals surface area contributed by atoms with E-state index in [0.717, 1.165) is 41.1 Å². The smallest absolute Gasteiger partial charge is 0.370 e. The number of hydrogen-bond acceptors (Lipinski definition) is 2. The second kappa shape index (κ2) is 8.57. The van der Waals surface area contributed by atoms with Gasteiger partial charge in [-0.05, 0) is 61.4 Å². The molecule has 1 amide bonds. The van der Waals surface area contributed by atoms with Crippen LogP contribution in [-0.2, 0) is 6.18 Å². The maximum Gasteiger partial charge on any atom is 0.416 e. The fourth-order valence-electron chi connectivity index (χ4n) is 2.49. The van der Waals surface area contributed by atoms with E-state index in [9.17, 15) is 18.0 Å². The Labute approximate surface area is 155 Å². The van der Waals surface area contributed by atoms with Gasteiger partial charge in [-0.1, -0.05) is 6.07 Å². The van der Waals surface area contributed by atoms with E-state index in [0.29, 0.717) is 0 Å². The Morgan fingerprint density at radius 3 is 2.22 bits per heavy atom. The van der Waals surface area contributed by atoms with Gasteiger partial charge in [-0.2, -0.15) is 13.2 Å². The number of nitrogens with two attached hydrogens (primary N) is 1. The van der Waals surface area contributed by atoms with Crippen LogP contribution in [0.4, 0.5) is 18.9 Å². The molecule has 0 aliphatic heterocycles. The van der Waals surface area contributed by atoms with Crippen LogP contribution in [0.15, 0.2) is 47.5 Å². The summed E-state index contributed by atoms with van der Waals surface area (Å²) in [7, 11) is 0. The quantitative estimate of drug-likeness (QED) is 0.423. The van der Waals surface area contributed by atoms with E-state index in [4.69, 9.17) is 5.73 Å². The van der Waals surface area contributed by atoms with E-state index in [1.807, 2.05) is 32.0 Å². The minimum atomic E-state index is -4.43. The predicted molar refractivity (Wildman–Crippen MR) is 99.8 cm³/mol. The molecule has 0 aromatic heterocycles. The highest BCUT2D eigenvalue weighted by atomic mass is 19.4. The number of nitrogens with zero attached hydrogens (tertiary/aromatic N) is 1. The van der Waals surface area contributed by atoms with Crippen molar-refractivity contribution in [1.82, 2.24) is 5.32 Å². The van der Waals surface area contributed by atoms with Crippen molar-refractivity contribution >= 4 is 17.6 Å². The summed E-state index contributed by atoms with van der Waals surface area (Å²) in [5, 5.41) is 5.56. The largest absolute Gasteiger partial charge is 0.416 e. The second-order valence-corrected chi connectivity index (χ2v) is 6.10. The standard InChI is InChI=1S/C19H21F3N4O/c1-12-9-13(2)11-16(10-12)26-18(23)25-8-7-24-17(27)14-3-5-15(6-4-14)19(20,21)22/h3-6,9-11H,7-8H2,1-2H3,(H,24,27)(H3,23,25,26). The molecule has 2 rings (SSSR count). The number of hydrogen-bond donors (Lipinski definition) is 3. The van der Waals surface area contributed by atoms with Crippen molar-refractivity contribution in [3.63, 3.8) is 0 Å². The normalized spacial score (nSPS) is 12.0. The molecule has 8 heteroatoms. The highest BCUT2D eigenvalue weighted by Crippen LogP contribution is 2.29. The number of halogens is 3. The molecule has 144 valence electrons. The Morgan fingerprint density at radius 2 is 1.67 bits per heavy atom. The molecule has 0 spiro atoms. The van der Waals surface area contributed by atoms with Gasteiger partial charge in [0.1, 0.15) is 0 Å². The number of benzene rings is 2. The highest BCUT2D eigenvalue weighted by molar-refractivity contribution is 5.94. The molecular formula is C19H21F3N4O. The third kappa shape index (κ3) is 6.32. The zero-order chi connectivity index (χ0) is 20.0. The number of guanidine groups is 1. The van der Waals surface area contributed by atoms with Crippen molar-refractivity contribution in [2.75, 3.05) is 18.4 Å². The molecule has 0 bridgehead atoms. The maximum absolute atomic E-state index is 12.5. The molecular weight excluding hydrogens is 357 g/mol. The summed E-state index contributed by atoms with van der Waals surface area (Å²) in [5.41, 5.74) is 8.17. The summed E-state index contributed by atoms with van der Waals surface area (Å²) in [6.45, 7) is 4.38. The number of amides is 1. The van der Waals surface area contributed by atoms with Crippen LogP contribution < -0.4 is 16.4 Å². The average molecular weight is 378 g/mol. The van der Waals surface area contributed by atoms with Crippen molar-refractivity contribution in [1.29, 1.82) is 0 Å². The topological polar surface area (TPSA) is 79.5 Å². The lowest BCUT2D eigenvalue weighted by Crippen LogP contribution is -2.28. The molecule has 0 heterocycles. The molecule has 4 N–H and O–H groups in total. The van der Waals surface area contributed by atoms with Crippen LogP contribution in [0.1, 0.15) is 27.0 Å². The Bertz CT molecular complexity index is 810. The number of alkyl halides is 3. The zero-order valence-electron chi connectivity index (χ0n) is 15.0. The Balaban J connectivity index is 1.83. The van der Waals surface area contributed by atoms with E-state index in [1.54, 1.807) is 0 Å². The van der Waals surface area contributed by atoms with E-state index < -0.39 is 17.6 Å². The highest BCUT2D eigenvalue weighted by Gasteiger charge is 2.30. The van der Waals surface area contributed by atoms with Crippen LogP contribution >= 0.6 is 0 Å². The van der Waals surface area contributed by atoms with Crippen LogP contribution in [0.5, 0.6) is 0 Å². The number of rotatable bonds is 5. The van der Waals surface area contributed by atoms with Gasteiger partial charge in [0.05, 0.1) is 12.1 Å². The van der Waals surface area contributed by atoms with E-state index in [2.05, 4.69) is 15.6 Å². The molecule has 0 aliphatic carbocycles. The third-order valence-electron chi connectivity index (χ3n) is 3.65. The van der Waals surface area contributed by atoms with Crippen LogP contribution in [0, 0.1) is 13.8 Å². The van der Waals surface area contributed by atoms with Crippen molar-refractivity contribution in [3.05, 3.63) is 64.7 Å². The summed E-state index contributed by atoms with van der Waals surface area (Å²) in [6, 6.07) is 9.92. The van der Waals surface area contributed by atoms with Crippen LogP contribution in [0.2, 0.25) is 0 Å². The van der Waals surface area contributed by atoms with Gasteiger partial charge in [0.2, 0.25) is 0 Å². The summed E-state index contributed by atoms with van der Waals surface area (Å²) in [4.78, 5) is 16.0.